The maximum absolute atomic E-state index is 14.6. The molecule has 0 radical (unpaired) electrons. The van der Waals surface area contributed by atoms with Gasteiger partial charge in [-0.3, -0.25) is 9.20 Å². The lowest BCUT2D eigenvalue weighted by Crippen LogP contribution is -2.49. The van der Waals surface area contributed by atoms with Crippen molar-refractivity contribution in [2.24, 2.45) is 0 Å². The first-order valence-electron chi connectivity index (χ1n) is 10.5. The summed E-state index contributed by atoms with van der Waals surface area (Å²) in [6.07, 6.45) is -3.58. The van der Waals surface area contributed by atoms with Gasteiger partial charge in [-0.15, -0.1) is 0 Å². The van der Waals surface area contributed by atoms with Crippen molar-refractivity contribution in [2.75, 3.05) is 12.3 Å². The van der Waals surface area contributed by atoms with Crippen LogP contribution in [0.15, 0.2) is 48.9 Å². The third-order valence-corrected chi connectivity index (χ3v) is 6.39. The van der Waals surface area contributed by atoms with Gasteiger partial charge in [-0.2, -0.15) is 13.2 Å². The highest BCUT2D eigenvalue weighted by atomic mass is 19.4. The number of piperidine rings is 1. The van der Waals surface area contributed by atoms with E-state index in [0.29, 0.717) is 27.9 Å². The molecular weight excluding hydrogens is 454 g/mol. The van der Waals surface area contributed by atoms with Crippen molar-refractivity contribution in [3.8, 4) is 5.75 Å². The number of rotatable bonds is 1. The minimum absolute atomic E-state index is 0.0128. The van der Waals surface area contributed by atoms with Crippen LogP contribution in [0.4, 0.5) is 23.4 Å². The molecule has 174 valence electrons. The summed E-state index contributed by atoms with van der Waals surface area (Å²) in [5.41, 5.74) is 7.55. The Morgan fingerprint density at radius 1 is 1.15 bits per heavy atom. The van der Waals surface area contributed by atoms with Crippen molar-refractivity contribution in [1.29, 1.82) is 0 Å². The number of nitrogens with zero attached hydrogens (tertiary/aromatic N) is 4. The normalized spacial score (nSPS) is 22.0. The number of carbonyl (C=O) groups is 1. The Labute approximate surface area is 189 Å². The van der Waals surface area contributed by atoms with Gasteiger partial charge in [-0.25, -0.2) is 14.4 Å². The second-order valence-corrected chi connectivity index (χ2v) is 8.49. The number of alkyl halides is 4. The molecule has 2 N–H and O–H groups in total. The van der Waals surface area contributed by atoms with E-state index in [-0.39, 0.29) is 24.3 Å². The minimum Gasteiger partial charge on any atom is -0.487 e. The Hall–Kier alpha value is -3.89. The van der Waals surface area contributed by atoms with Crippen LogP contribution >= 0.6 is 0 Å². The second-order valence-electron chi connectivity index (χ2n) is 8.49. The Morgan fingerprint density at radius 2 is 1.97 bits per heavy atom. The van der Waals surface area contributed by atoms with Crippen molar-refractivity contribution in [1.82, 2.24) is 19.3 Å². The van der Waals surface area contributed by atoms with Crippen LogP contribution in [0.3, 0.4) is 0 Å². The fourth-order valence-electron chi connectivity index (χ4n) is 4.87. The number of benzene rings is 2. The monoisotopic (exact) mass is 471 g/mol. The van der Waals surface area contributed by atoms with Gasteiger partial charge in [0.25, 0.3) is 5.91 Å². The molecule has 1 fully saturated rings. The van der Waals surface area contributed by atoms with Crippen molar-refractivity contribution in [3.05, 3.63) is 65.6 Å². The molecule has 2 aliphatic rings. The number of fused-ring (bicyclic) bond motifs is 6. The Kier molecular flexibility index (Phi) is 4.29. The van der Waals surface area contributed by atoms with Crippen LogP contribution in [-0.2, 0) is 6.18 Å². The quantitative estimate of drug-likeness (QED) is 0.421. The number of nitrogen functional groups attached to an aromatic ring is 1. The maximum Gasteiger partial charge on any atom is 0.416 e. The number of hydrogen-bond donors (Lipinski definition) is 1. The van der Waals surface area contributed by atoms with E-state index < -0.39 is 36.0 Å². The number of likely N-dealkylation sites (tertiary alicyclic amines) is 1. The third-order valence-electron chi connectivity index (χ3n) is 6.39. The predicted molar refractivity (Wildman–Crippen MR) is 114 cm³/mol. The van der Waals surface area contributed by atoms with Gasteiger partial charge in [0, 0.05) is 17.5 Å². The fraction of sp³-hybridized carbons (Fsp3) is 0.261. The van der Waals surface area contributed by atoms with Crippen molar-refractivity contribution >= 4 is 28.3 Å². The zero-order chi connectivity index (χ0) is 23.8. The number of imidazole rings is 1. The average molecular weight is 471 g/mol. The molecule has 0 saturated carbocycles. The van der Waals surface area contributed by atoms with Crippen LogP contribution in [0.25, 0.3) is 16.6 Å². The molecular formula is C23H17F4N5O2. The molecule has 34 heavy (non-hydrogen) atoms. The summed E-state index contributed by atoms with van der Waals surface area (Å²) in [6.45, 7) is -0.192. The lowest BCUT2D eigenvalue weighted by molar-refractivity contribution is -0.137. The van der Waals surface area contributed by atoms with Crippen LogP contribution in [0, 0.1) is 0 Å². The number of anilines is 1. The van der Waals surface area contributed by atoms with Gasteiger partial charge in [-0.1, -0.05) is 6.07 Å². The summed E-state index contributed by atoms with van der Waals surface area (Å²) in [6, 6.07) is 7.32. The van der Waals surface area contributed by atoms with E-state index in [4.69, 9.17) is 10.5 Å². The topological polar surface area (TPSA) is 85.8 Å². The van der Waals surface area contributed by atoms with Crippen LogP contribution in [0.1, 0.15) is 33.9 Å². The molecule has 2 aromatic heterocycles. The molecule has 1 amide bonds. The summed E-state index contributed by atoms with van der Waals surface area (Å²) in [5, 5.41) is 0. The van der Waals surface area contributed by atoms with E-state index in [0.717, 1.165) is 12.1 Å². The zero-order valence-electron chi connectivity index (χ0n) is 17.5. The number of aromatic nitrogens is 3. The molecule has 0 aliphatic carbocycles. The first kappa shape index (κ1) is 20.7. The molecule has 0 bridgehead atoms. The number of nitrogens with two attached hydrogens (primary N) is 1. The summed E-state index contributed by atoms with van der Waals surface area (Å²) < 4.78 is 61.5. The highest BCUT2D eigenvalue weighted by molar-refractivity contribution is 5.98. The molecule has 4 heterocycles. The van der Waals surface area contributed by atoms with E-state index in [1.807, 2.05) is 0 Å². The Balaban J connectivity index is 1.41. The van der Waals surface area contributed by atoms with Crippen LogP contribution in [0.2, 0.25) is 0 Å². The Morgan fingerprint density at radius 3 is 2.76 bits per heavy atom. The van der Waals surface area contributed by atoms with E-state index in [9.17, 15) is 22.4 Å². The summed E-state index contributed by atoms with van der Waals surface area (Å²) in [4.78, 5) is 23.3. The highest BCUT2D eigenvalue weighted by Gasteiger charge is 2.47. The molecule has 11 heteroatoms. The molecule has 2 aromatic carbocycles. The molecule has 0 spiro atoms. The van der Waals surface area contributed by atoms with E-state index >= 15 is 0 Å². The van der Waals surface area contributed by atoms with Gasteiger partial charge in [0.2, 0.25) is 0 Å². The van der Waals surface area contributed by atoms with Crippen LogP contribution in [-0.4, -0.2) is 44.0 Å². The largest absolute Gasteiger partial charge is 0.487 e. The van der Waals surface area contributed by atoms with Gasteiger partial charge in [0.1, 0.15) is 29.4 Å². The predicted octanol–water partition coefficient (Wildman–Crippen LogP) is 4.17. The number of amides is 1. The molecule has 2 aliphatic heterocycles. The number of hydrogen-bond acceptors (Lipinski definition) is 5. The van der Waals surface area contributed by atoms with Crippen molar-refractivity contribution in [3.63, 3.8) is 0 Å². The first-order valence-corrected chi connectivity index (χ1v) is 10.5. The van der Waals surface area contributed by atoms with E-state index in [1.54, 1.807) is 35.1 Å². The van der Waals surface area contributed by atoms with Gasteiger partial charge in [0.05, 0.1) is 41.7 Å². The standard InChI is InChI=1S/C23H17F4N5O2/c24-13-7-19-20(14-3-2-12(23(25,26)27)6-18(14)34-19)31(9-13)22(33)11-1-4-15-16(5-11)32-10-29-8-17(32)21(28)30-15/h1-6,8,10,13,19-20H,7,9H2,(H2,28,30)/t13-,19+,20+/m1/s1. The molecule has 3 atom stereocenters. The maximum atomic E-state index is 14.6. The van der Waals surface area contributed by atoms with Gasteiger partial charge in [0.15, 0.2) is 0 Å². The molecule has 1 saturated heterocycles. The number of carbonyl (C=O) groups excluding carboxylic acids is 1. The summed E-state index contributed by atoms with van der Waals surface area (Å²) in [7, 11) is 0. The van der Waals surface area contributed by atoms with E-state index in [1.165, 1.54) is 11.0 Å². The van der Waals surface area contributed by atoms with Gasteiger partial charge < -0.3 is 15.4 Å². The molecule has 4 aromatic rings. The zero-order valence-corrected chi connectivity index (χ0v) is 17.5. The smallest absolute Gasteiger partial charge is 0.416 e. The average Bonchev–Trinajstić information content (AvgIpc) is 3.42. The Bertz CT molecular complexity index is 1470. The minimum atomic E-state index is -4.54. The summed E-state index contributed by atoms with van der Waals surface area (Å²) in [5.74, 6) is -0.142. The SMILES string of the molecule is Nc1nc2ccc(C(=O)N3C[C@H](F)C[C@@H]4Oc5cc(C(F)(F)F)ccc5[C@@H]43)cc2n2cncc12. The second kappa shape index (κ2) is 7.05. The van der Waals surface area contributed by atoms with Crippen LogP contribution in [0.5, 0.6) is 5.75 Å². The molecule has 0 unspecified atom stereocenters. The van der Waals surface area contributed by atoms with Gasteiger partial charge >= 0.3 is 6.18 Å². The lowest BCUT2D eigenvalue weighted by atomic mass is 9.92. The van der Waals surface area contributed by atoms with Gasteiger partial charge in [-0.05, 0) is 30.3 Å². The van der Waals surface area contributed by atoms with Crippen molar-refractivity contribution < 1.29 is 27.1 Å². The highest BCUT2D eigenvalue weighted by Crippen LogP contribution is 2.47. The number of halogens is 4. The van der Waals surface area contributed by atoms with Crippen LogP contribution < -0.4 is 10.5 Å². The first-order chi connectivity index (χ1) is 16.2. The summed E-state index contributed by atoms with van der Waals surface area (Å²) >= 11 is 0. The molecule has 6 rings (SSSR count). The van der Waals surface area contributed by atoms with Crippen molar-refractivity contribution in [2.45, 2.75) is 30.9 Å². The number of ether oxygens (including phenoxy) is 1. The van der Waals surface area contributed by atoms with E-state index in [2.05, 4.69) is 9.97 Å². The molecule has 7 nitrogen and oxygen atoms in total. The lowest BCUT2D eigenvalue weighted by Gasteiger charge is -2.38. The third kappa shape index (κ3) is 3.06. The fourth-order valence-corrected chi connectivity index (χ4v) is 4.87.